The summed E-state index contributed by atoms with van der Waals surface area (Å²) >= 11 is 0. The van der Waals surface area contributed by atoms with Crippen molar-refractivity contribution in [2.45, 2.75) is 0 Å². The Balaban J connectivity index is 2.21. The highest BCUT2D eigenvalue weighted by Crippen LogP contribution is 2.31. The first-order valence-electron chi connectivity index (χ1n) is 7.18. The van der Waals surface area contributed by atoms with Gasteiger partial charge in [-0.05, 0) is 30.3 Å². The van der Waals surface area contributed by atoms with Crippen LogP contribution in [0.4, 0.5) is 0 Å². The van der Waals surface area contributed by atoms with Crippen LogP contribution in [0.25, 0.3) is 32.7 Å². The van der Waals surface area contributed by atoms with Gasteiger partial charge in [0.2, 0.25) is 0 Å². The van der Waals surface area contributed by atoms with Crippen molar-refractivity contribution >= 4 is 32.7 Å². The highest BCUT2D eigenvalue weighted by molar-refractivity contribution is 6.07. The third-order valence-electron chi connectivity index (χ3n) is 4.06. The van der Waals surface area contributed by atoms with Crippen LogP contribution in [0.15, 0.2) is 47.4 Å². The number of rotatable bonds is 2. The fraction of sp³-hybridized carbons (Fsp3) is 0.111. The molecule has 2 aromatic carbocycles. The Morgan fingerprint density at radius 1 is 0.957 bits per heavy atom. The van der Waals surface area contributed by atoms with Crippen molar-refractivity contribution in [1.29, 1.82) is 0 Å². The van der Waals surface area contributed by atoms with E-state index < -0.39 is 0 Å². The van der Waals surface area contributed by atoms with E-state index in [4.69, 9.17) is 9.47 Å². The molecule has 0 saturated heterocycles. The lowest BCUT2D eigenvalue weighted by Crippen LogP contribution is -2.05. The molecule has 0 unspecified atom stereocenters. The second-order valence-corrected chi connectivity index (χ2v) is 5.27. The molecule has 23 heavy (non-hydrogen) atoms. The molecule has 0 aliphatic carbocycles. The summed E-state index contributed by atoms with van der Waals surface area (Å²) in [6.07, 6.45) is 1.74. The summed E-state index contributed by atoms with van der Waals surface area (Å²) in [4.78, 5) is 20.5. The molecule has 2 aromatic heterocycles. The van der Waals surface area contributed by atoms with E-state index in [1.54, 1.807) is 38.6 Å². The average molecular weight is 306 g/mol. The Kier molecular flexibility index (Phi) is 2.94. The molecular weight excluding hydrogens is 292 g/mol. The number of methoxy groups -OCH3 is 2. The lowest BCUT2D eigenvalue weighted by Gasteiger charge is -2.10. The zero-order valence-corrected chi connectivity index (χ0v) is 12.7. The molecule has 0 aliphatic rings. The van der Waals surface area contributed by atoms with Gasteiger partial charge < -0.3 is 14.5 Å². The van der Waals surface area contributed by atoms with Crippen molar-refractivity contribution in [3.8, 4) is 11.5 Å². The third kappa shape index (κ3) is 1.93. The summed E-state index contributed by atoms with van der Waals surface area (Å²) in [6.45, 7) is 0. The molecule has 0 spiro atoms. The van der Waals surface area contributed by atoms with E-state index in [1.165, 1.54) is 0 Å². The highest BCUT2D eigenvalue weighted by Gasteiger charge is 2.12. The summed E-state index contributed by atoms with van der Waals surface area (Å²) in [5, 5.41) is 2.11. The predicted octanol–water partition coefficient (Wildman–Crippen LogP) is 3.25. The van der Waals surface area contributed by atoms with Crippen molar-refractivity contribution in [3.05, 3.63) is 52.8 Å². The van der Waals surface area contributed by atoms with E-state index in [2.05, 4.69) is 9.97 Å². The Morgan fingerprint density at radius 3 is 2.52 bits per heavy atom. The van der Waals surface area contributed by atoms with Gasteiger partial charge in [0.05, 0.1) is 36.2 Å². The maximum atomic E-state index is 12.9. The fourth-order valence-corrected chi connectivity index (χ4v) is 2.93. The van der Waals surface area contributed by atoms with E-state index in [1.807, 2.05) is 18.2 Å². The Labute approximate surface area is 131 Å². The van der Waals surface area contributed by atoms with E-state index >= 15 is 0 Å². The van der Waals surface area contributed by atoms with Crippen LogP contribution < -0.4 is 14.9 Å². The number of aromatic nitrogens is 2. The lowest BCUT2D eigenvalue weighted by molar-refractivity contribution is 0.356. The van der Waals surface area contributed by atoms with Gasteiger partial charge in [-0.3, -0.25) is 9.78 Å². The quantitative estimate of drug-likeness (QED) is 0.456. The Hall–Kier alpha value is -3.08. The number of nitrogens with zero attached hydrogens (tertiary/aromatic N) is 1. The van der Waals surface area contributed by atoms with Crippen LogP contribution >= 0.6 is 0 Å². The lowest BCUT2D eigenvalue weighted by atomic mass is 10.1. The van der Waals surface area contributed by atoms with Crippen molar-refractivity contribution in [1.82, 2.24) is 9.97 Å². The van der Waals surface area contributed by atoms with Crippen LogP contribution in [-0.4, -0.2) is 24.2 Å². The number of hydrogen-bond acceptors (Lipinski definition) is 4. The number of benzene rings is 2. The number of aromatic amines is 1. The number of fused-ring (bicyclic) bond motifs is 4. The van der Waals surface area contributed by atoms with Gasteiger partial charge >= 0.3 is 0 Å². The normalized spacial score (nSPS) is 11.2. The van der Waals surface area contributed by atoms with Crippen LogP contribution in [0, 0.1) is 0 Å². The zero-order chi connectivity index (χ0) is 16.0. The molecule has 5 nitrogen and oxygen atoms in total. The summed E-state index contributed by atoms with van der Waals surface area (Å²) in [6, 6.07) is 11.0. The van der Waals surface area contributed by atoms with Gasteiger partial charge in [0, 0.05) is 23.0 Å². The minimum atomic E-state index is -0.0412. The van der Waals surface area contributed by atoms with Gasteiger partial charge in [-0.2, -0.15) is 0 Å². The van der Waals surface area contributed by atoms with E-state index in [0.717, 1.165) is 16.4 Å². The third-order valence-corrected chi connectivity index (χ3v) is 4.06. The Bertz CT molecular complexity index is 1120. The summed E-state index contributed by atoms with van der Waals surface area (Å²) < 4.78 is 10.6. The topological polar surface area (TPSA) is 64.2 Å². The first-order chi connectivity index (χ1) is 11.2. The van der Waals surface area contributed by atoms with Gasteiger partial charge in [-0.1, -0.05) is 0 Å². The van der Waals surface area contributed by atoms with E-state index in [0.29, 0.717) is 27.8 Å². The minimum Gasteiger partial charge on any atom is -0.493 e. The molecule has 5 heteroatoms. The molecule has 0 fully saturated rings. The van der Waals surface area contributed by atoms with Crippen LogP contribution in [0.1, 0.15) is 0 Å². The number of ether oxygens (including phenoxy) is 2. The first kappa shape index (κ1) is 13.6. The van der Waals surface area contributed by atoms with Gasteiger partial charge in [0.15, 0.2) is 16.9 Å². The van der Waals surface area contributed by atoms with Crippen LogP contribution in [0.5, 0.6) is 11.5 Å². The van der Waals surface area contributed by atoms with Crippen molar-refractivity contribution in [2.24, 2.45) is 0 Å². The van der Waals surface area contributed by atoms with Gasteiger partial charge in [0.1, 0.15) is 0 Å². The summed E-state index contributed by atoms with van der Waals surface area (Å²) in [5.74, 6) is 1.11. The standard InChI is InChI=1S/C18H14N2O3/c1-22-15-8-12-14(9-16(15)23-2)20-17-10-4-3-7-19-13(10)6-5-11(17)18(12)21/h3-9H,1-2H3,(H,20,21). The van der Waals surface area contributed by atoms with E-state index in [9.17, 15) is 4.79 Å². The molecule has 1 N–H and O–H groups in total. The number of hydrogen-bond donors (Lipinski definition) is 1. The van der Waals surface area contributed by atoms with Gasteiger partial charge in [-0.25, -0.2) is 0 Å². The molecule has 4 aromatic rings. The zero-order valence-electron chi connectivity index (χ0n) is 12.7. The second kappa shape index (κ2) is 4.98. The van der Waals surface area contributed by atoms with Crippen molar-refractivity contribution in [3.63, 3.8) is 0 Å². The fourth-order valence-electron chi connectivity index (χ4n) is 2.93. The summed E-state index contributed by atoms with van der Waals surface area (Å²) in [5.41, 5.74) is 2.28. The predicted molar refractivity (Wildman–Crippen MR) is 90.5 cm³/mol. The maximum absolute atomic E-state index is 12.9. The molecule has 0 saturated carbocycles. The molecule has 0 amide bonds. The highest BCUT2D eigenvalue weighted by atomic mass is 16.5. The molecule has 0 atom stereocenters. The smallest absolute Gasteiger partial charge is 0.197 e. The second-order valence-electron chi connectivity index (χ2n) is 5.27. The largest absolute Gasteiger partial charge is 0.493 e. The van der Waals surface area contributed by atoms with Crippen LogP contribution in [0.3, 0.4) is 0 Å². The van der Waals surface area contributed by atoms with Gasteiger partial charge in [-0.15, -0.1) is 0 Å². The average Bonchev–Trinajstić information content (AvgIpc) is 2.60. The maximum Gasteiger partial charge on any atom is 0.197 e. The SMILES string of the molecule is COc1cc2[nH]c3c(ccc4ncccc43)c(=O)c2cc1OC. The van der Waals surface area contributed by atoms with Crippen molar-refractivity contribution < 1.29 is 9.47 Å². The molecule has 114 valence electrons. The molecule has 4 rings (SSSR count). The Morgan fingerprint density at radius 2 is 1.74 bits per heavy atom. The number of nitrogens with one attached hydrogen (secondary N) is 1. The molecule has 2 heterocycles. The van der Waals surface area contributed by atoms with E-state index in [-0.39, 0.29) is 5.43 Å². The molecule has 0 radical (unpaired) electrons. The van der Waals surface area contributed by atoms with Crippen LogP contribution in [0.2, 0.25) is 0 Å². The molecule has 0 bridgehead atoms. The van der Waals surface area contributed by atoms with Crippen LogP contribution in [-0.2, 0) is 0 Å². The van der Waals surface area contributed by atoms with Crippen molar-refractivity contribution in [2.75, 3.05) is 14.2 Å². The van der Waals surface area contributed by atoms with Gasteiger partial charge in [0.25, 0.3) is 0 Å². The number of H-pyrrole nitrogens is 1. The summed E-state index contributed by atoms with van der Waals surface area (Å²) in [7, 11) is 3.13. The first-order valence-corrected chi connectivity index (χ1v) is 7.18. The number of pyridine rings is 2. The molecular formula is C18H14N2O3. The minimum absolute atomic E-state index is 0.0412. The monoisotopic (exact) mass is 306 g/mol. The molecule has 0 aliphatic heterocycles.